The van der Waals surface area contributed by atoms with Crippen molar-refractivity contribution in [2.75, 3.05) is 6.54 Å². The standard InChI is InChI=1S/C5H7N.C4H6N2.C3H5N3/c1-5-3-2-4-6-5;1-4-2-5-3-6-4;1-3-4-2-5-6-3/h2-4,6H,1H3;3H,2H2,1H3;2H,1H3,(H,4,5,6). The second-order valence-corrected chi connectivity index (χ2v) is 3.74. The van der Waals surface area contributed by atoms with Crippen molar-refractivity contribution in [1.29, 1.82) is 0 Å². The largest absolute Gasteiger partial charge is 0.365 e. The Kier molecular flexibility index (Phi) is 6.10. The van der Waals surface area contributed by atoms with E-state index in [9.17, 15) is 0 Å². The highest BCUT2D eigenvalue weighted by molar-refractivity contribution is 5.94. The van der Waals surface area contributed by atoms with Crippen LogP contribution in [0.3, 0.4) is 0 Å². The minimum absolute atomic E-state index is 0.806. The lowest BCUT2D eigenvalue weighted by Crippen LogP contribution is -1.87. The summed E-state index contributed by atoms with van der Waals surface area (Å²) < 4.78 is 0. The van der Waals surface area contributed by atoms with Crippen molar-refractivity contribution in [3.05, 3.63) is 36.2 Å². The molecule has 0 saturated carbocycles. The molecule has 6 nitrogen and oxygen atoms in total. The first-order valence-corrected chi connectivity index (χ1v) is 5.62. The second-order valence-electron chi connectivity index (χ2n) is 3.74. The van der Waals surface area contributed by atoms with Crippen molar-refractivity contribution < 1.29 is 0 Å². The number of aryl methyl sites for hydroxylation is 2. The molecule has 2 N–H and O–H groups in total. The highest BCUT2D eigenvalue weighted by atomic mass is 15.2. The van der Waals surface area contributed by atoms with Gasteiger partial charge in [-0.2, -0.15) is 5.10 Å². The first kappa shape index (κ1) is 13.8. The minimum Gasteiger partial charge on any atom is -0.365 e. The van der Waals surface area contributed by atoms with E-state index in [1.165, 1.54) is 12.0 Å². The van der Waals surface area contributed by atoms with E-state index in [1.54, 1.807) is 6.34 Å². The van der Waals surface area contributed by atoms with Gasteiger partial charge < -0.3 is 4.98 Å². The van der Waals surface area contributed by atoms with Crippen molar-refractivity contribution in [1.82, 2.24) is 20.2 Å². The Hall–Kier alpha value is -2.24. The molecule has 0 radical (unpaired) electrons. The zero-order valence-corrected chi connectivity index (χ0v) is 10.9. The lowest BCUT2D eigenvalue weighted by Gasteiger charge is -1.75. The highest BCUT2D eigenvalue weighted by Gasteiger charge is 1.89. The molecule has 2 aromatic heterocycles. The molecule has 0 aromatic carbocycles. The van der Waals surface area contributed by atoms with Gasteiger partial charge in [0.25, 0.3) is 0 Å². The molecule has 1 aliphatic heterocycles. The molecule has 0 spiro atoms. The molecule has 1 aliphatic rings. The molecular formula is C12H18N6. The number of hydrogen-bond acceptors (Lipinski definition) is 4. The summed E-state index contributed by atoms with van der Waals surface area (Å²) in [5.41, 5.74) is 2.32. The van der Waals surface area contributed by atoms with E-state index in [-0.39, 0.29) is 0 Å². The van der Waals surface area contributed by atoms with Crippen LogP contribution >= 0.6 is 0 Å². The summed E-state index contributed by atoms with van der Waals surface area (Å²) in [4.78, 5) is 14.4. The number of rotatable bonds is 0. The Morgan fingerprint density at radius 3 is 2.22 bits per heavy atom. The molecule has 0 bridgehead atoms. The van der Waals surface area contributed by atoms with Gasteiger partial charge in [0.2, 0.25) is 0 Å². The molecule has 0 aliphatic carbocycles. The molecule has 0 saturated heterocycles. The van der Waals surface area contributed by atoms with Crippen molar-refractivity contribution >= 4 is 12.1 Å². The predicted octanol–water partition coefficient (Wildman–Crippen LogP) is 1.93. The number of nitrogens with one attached hydrogen (secondary N) is 2. The van der Waals surface area contributed by atoms with Crippen LogP contribution in [0, 0.1) is 13.8 Å². The van der Waals surface area contributed by atoms with Crippen LogP contribution in [-0.2, 0) is 0 Å². The van der Waals surface area contributed by atoms with E-state index >= 15 is 0 Å². The van der Waals surface area contributed by atoms with Crippen molar-refractivity contribution in [2.24, 2.45) is 9.98 Å². The maximum absolute atomic E-state index is 3.86. The fourth-order valence-corrected chi connectivity index (χ4v) is 1.04. The molecule has 0 fully saturated rings. The number of nitrogens with zero attached hydrogens (tertiary/aromatic N) is 4. The average molecular weight is 246 g/mol. The molecule has 2 aromatic rings. The summed E-state index contributed by atoms with van der Waals surface area (Å²) in [6, 6.07) is 4.01. The van der Waals surface area contributed by atoms with Gasteiger partial charge in [-0.3, -0.25) is 10.1 Å². The van der Waals surface area contributed by atoms with Crippen molar-refractivity contribution in [2.45, 2.75) is 20.8 Å². The summed E-state index contributed by atoms with van der Waals surface area (Å²) in [6.07, 6.45) is 4.99. The van der Waals surface area contributed by atoms with E-state index in [4.69, 9.17) is 0 Å². The topological polar surface area (TPSA) is 82.1 Å². The first-order chi connectivity index (χ1) is 8.68. The number of hydrogen-bond donors (Lipinski definition) is 2. The molecule has 18 heavy (non-hydrogen) atoms. The van der Waals surface area contributed by atoms with E-state index in [2.05, 4.69) is 30.2 Å². The van der Waals surface area contributed by atoms with Crippen LogP contribution in [0.2, 0.25) is 0 Å². The van der Waals surface area contributed by atoms with E-state index < -0.39 is 0 Å². The number of H-pyrrole nitrogens is 2. The Bertz CT molecular complexity index is 434. The fraction of sp³-hybridized carbons (Fsp3) is 0.333. The smallest absolute Gasteiger partial charge is 0.137 e. The van der Waals surface area contributed by atoms with E-state index in [1.807, 2.05) is 39.1 Å². The minimum atomic E-state index is 0.806. The SMILES string of the molecule is CC1=NC=NC1.Cc1ccc[nH]1.Cc1ncn[nH]1. The van der Waals surface area contributed by atoms with Gasteiger partial charge in [0.05, 0.1) is 6.54 Å². The maximum Gasteiger partial charge on any atom is 0.137 e. The van der Waals surface area contributed by atoms with Gasteiger partial charge in [-0.1, -0.05) is 0 Å². The molecule has 0 atom stereocenters. The average Bonchev–Trinajstić information content (AvgIpc) is 3.05. The number of aromatic nitrogens is 4. The van der Waals surface area contributed by atoms with Crippen LogP contribution in [-0.4, -0.2) is 38.8 Å². The van der Waals surface area contributed by atoms with Gasteiger partial charge in [0, 0.05) is 17.6 Å². The molecule has 3 rings (SSSR count). The Balaban J connectivity index is 0.000000135. The summed E-state index contributed by atoms with van der Waals surface area (Å²) in [7, 11) is 0. The Morgan fingerprint density at radius 1 is 1.22 bits per heavy atom. The second kappa shape index (κ2) is 7.94. The predicted molar refractivity (Wildman–Crippen MR) is 73.1 cm³/mol. The van der Waals surface area contributed by atoms with E-state index in [0.29, 0.717) is 0 Å². The van der Waals surface area contributed by atoms with Crippen molar-refractivity contribution in [3.63, 3.8) is 0 Å². The lowest BCUT2D eigenvalue weighted by molar-refractivity contribution is 1.04. The van der Waals surface area contributed by atoms with Gasteiger partial charge in [-0.05, 0) is 32.9 Å². The molecular weight excluding hydrogens is 228 g/mol. The number of aromatic amines is 2. The van der Waals surface area contributed by atoms with Crippen LogP contribution in [0.4, 0.5) is 0 Å². The molecule has 0 unspecified atom stereocenters. The van der Waals surface area contributed by atoms with Gasteiger partial charge in [0.15, 0.2) is 0 Å². The van der Waals surface area contributed by atoms with Crippen molar-refractivity contribution in [3.8, 4) is 0 Å². The summed E-state index contributed by atoms with van der Waals surface area (Å²) in [5, 5.41) is 6.22. The first-order valence-electron chi connectivity index (χ1n) is 5.62. The Labute approximate surface area is 106 Å². The zero-order chi connectivity index (χ0) is 13.2. The Morgan fingerprint density at radius 2 is 2.06 bits per heavy atom. The highest BCUT2D eigenvalue weighted by Crippen LogP contribution is 1.86. The van der Waals surface area contributed by atoms with Crippen LogP contribution in [0.25, 0.3) is 0 Å². The normalized spacial score (nSPS) is 12.1. The molecule has 96 valence electrons. The van der Waals surface area contributed by atoms with Gasteiger partial charge >= 0.3 is 0 Å². The third kappa shape index (κ3) is 6.37. The van der Waals surface area contributed by atoms with Gasteiger partial charge in [-0.15, -0.1) is 0 Å². The monoisotopic (exact) mass is 246 g/mol. The summed E-state index contributed by atoms with van der Waals surface area (Å²) in [6.45, 7) is 6.65. The van der Waals surface area contributed by atoms with Gasteiger partial charge in [-0.25, -0.2) is 9.98 Å². The molecule has 0 amide bonds. The summed E-state index contributed by atoms with van der Waals surface area (Å²) in [5.74, 6) is 0.856. The maximum atomic E-state index is 3.86. The third-order valence-corrected chi connectivity index (χ3v) is 1.97. The summed E-state index contributed by atoms with van der Waals surface area (Å²) >= 11 is 0. The van der Waals surface area contributed by atoms with Crippen LogP contribution in [0.5, 0.6) is 0 Å². The lowest BCUT2D eigenvalue weighted by atomic mass is 10.4. The van der Waals surface area contributed by atoms with Gasteiger partial charge in [0.1, 0.15) is 18.5 Å². The van der Waals surface area contributed by atoms with Crippen LogP contribution < -0.4 is 0 Å². The third-order valence-electron chi connectivity index (χ3n) is 1.97. The van der Waals surface area contributed by atoms with Crippen LogP contribution in [0.15, 0.2) is 34.6 Å². The fourth-order valence-electron chi connectivity index (χ4n) is 1.04. The molecule has 6 heteroatoms. The van der Waals surface area contributed by atoms with Crippen LogP contribution in [0.1, 0.15) is 18.4 Å². The van der Waals surface area contributed by atoms with E-state index in [0.717, 1.165) is 18.1 Å². The quantitative estimate of drug-likeness (QED) is 0.744. The molecule has 3 heterocycles. The number of aliphatic imine (C=N–C) groups is 2. The zero-order valence-electron chi connectivity index (χ0n) is 10.9.